The van der Waals surface area contributed by atoms with Crippen LogP contribution in [0.4, 0.5) is 5.95 Å². The van der Waals surface area contributed by atoms with Crippen LogP contribution < -0.4 is 20.5 Å². The molecule has 0 aliphatic carbocycles. The number of methoxy groups -OCH3 is 2. The first-order valence-electron chi connectivity index (χ1n) is 6.21. The standard InChI is InChI=1S/C14H16N4O3/c1-9-6-13(19)17-14(16-9)18-15-8-10-4-5-11(20-2)7-12(10)21-3/h4-8H,1-3H3,(H2,16,17,18,19). The largest absolute Gasteiger partial charge is 0.497 e. The average Bonchev–Trinajstić information content (AvgIpc) is 2.46. The van der Waals surface area contributed by atoms with Gasteiger partial charge in [0.1, 0.15) is 11.5 Å². The molecule has 7 nitrogen and oxygen atoms in total. The molecule has 0 fully saturated rings. The minimum absolute atomic E-state index is 0.234. The van der Waals surface area contributed by atoms with Crippen molar-refractivity contribution in [2.45, 2.75) is 6.92 Å². The Morgan fingerprint density at radius 1 is 1.29 bits per heavy atom. The van der Waals surface area contributed by atoms with E-state index >= 15 is 0 Å². The molecule has 110 valence electrons. The quantitative estimate of drug-likeness (QED) is 0.643. The predicted molar refractivity (Wildman–Crippen MR) is 80.4 cm³/mol. The number of nitrogens with zero attached hydrogens (tertiary/aromatic N) is 2. The first-order valence-corrected chi connectivity index (χ1v) is 6.21. The molecule has 7 heteroatoms. The molecular formula is C14H16N4O3. The fraction of sp³-hybridized carbons (Fsp3) is 0.214. The summed E-state index contributed by atoms with van der Waals surface area (Å²) in [5, 5.41) is 4.03. The number of hydrogen-bond donors (Lipinski definition) is 2. The van der Waals surface area contributed by atoms with Crippen LogP contribution in [-0.2, 0) is 0 Å². The smallest absolute Gasteiger partial charge is 0.252 e. The van der Waals surface area contributed by atoms with Crippen molar-refractivity contribution in [3.8, 4) is 11.5 Å². The molecule has 0 saturated heterocycles. The molecule has 0 bridgehead atoms. The van der Waals surface area contributed by atoms with Crippen molar-refractivity contribution in [1.29, 1.82) is 0 Å². The van der Waals surface area contributed by atoms with Gasteiger partial charge in [0.05, 0.1) is 20.4 Å². The third kappa shape index (κ3) is 3.82. The molecule has 1 heterocycles. The summed E-state index contributed by atoms with van der Waals surface area (Å²) in [6.07, 6.45) is 1.57. The second-order valence-electron chi connectivity index (χ2n) is 4.21. The molecule has 2 rings (SSSR count). The number of anilines is 1. The Hall–Kier alpha value is -2.83. The van der Waals surface area contributed by atoms with E-state index < -0.39 is 0 Å². The van der Waals surface area contributed by atoms with Crippen LogP contribution in [0.1, 0.15) is 11.3 Å². The van der Waals surface area contributed by atoms with Crippen LogP contribution in [0.25, 0.3) is 0 Å². The molecule has 0 saturated carbocycles. The van der Waals surface area contributed by atoms with E-state index in [1.54, 1.807) is 39.5 Å². The molecule has 1 aromatic carbocycles. The first-order chi connectivity index (χ1) is 10.1. The minimum atomic E-state index is -0.234. The van der Waals surface area contributed by atoms with Gasteiger partial charge in [-0.2, -0.15) is 5.10 Å². The van der Waals surface area contributed by atoms with E-state index in [2.05, 4.69) is 20.5 Å². The second-order valence-corrected chi connectivity index (χ2v) is 4.21. The van der Waals surface area contributed by atoms with Gasteiger partial charge in [0, 0.05) is 23.4 Å². The fourth-order valence-corrected chi connectivity index (χ4v) is 1.72. The number of aromatic amines is 1. The number of rotatable bonds is 5. The summed E-state index contributed by atoms with van der Waals surface area (Å²) in [5.41, 5.74) is 3.81. The van der Waals surface area contributed by atoms with Crippen molar-refractivity contribution in [1.82, 2.24) is 9.97 Å². The molecule has 0 aliphatic rings. The lowest BCUT2D eigenvalue weighted by atomic mass is 10.2. The van der Waals surface area contributed by atoms with Crippen LogP contribution in [0.15, 0.2) is 34.2 Å². The Morgan fingerprint density at radius 3 is 2.76 bits per heavy atom. The van der Waals surface area contributed by atoms with Gasteiger partial charge >= 0.3 is 0 Å². The Morgan fingerprint density at radius 2 is 2.10 bits per heavy atom. The van der Waals surface area contributed by atoms with E-state index in [4.69, 9.17) is 9.47 Å². The maximum Gasteiger partial charge on any atom is 0.252 e. The van der Waals surface area contributed by atoms with Crippen LogP contribution in [0, 0.1) is 6.92 Å². The lowest BCUT2D eigenvalue weighted by Gasteiger charge is -2.07. The summed E-state index contributed by atoms with van der Waals surface area (Å²) in [6.45, 7) is 1.73. The third-order valence-corrected chi connectivity index (χ3v) is 2.68. The Bertz CT molecular complexity index is 710. The molecule has 2 aromatic rings. The van der Waals surface area contributed by atoms with Gasteiger partial charge in [0.25, 0.3) is 5.56 Å². The van der Waals surface area contributed by atoms with Crippen molar-refractivity contribution in [3.05, 3.63) is 45.9 Å². The molecule has 0 amide bonds. The number of benzene rings is 1. The van der Waals surface area contributed by atoms with Crippen LogP contribution in [0.3, 0.4) is 0 Å². The highest BCUT2D eigenvalue weighted by Crippen LogP contribution is 2.23. The second kappa shape index (κ2) is 6.56. The fourth-order valence-electron chi connectivity index (χ4n) is 1.72. The minimum Gasteiger partial charge on any atom is -0.497 e. The van der Waals surface area contributed by atoms with Crippen LogP contribution in [0.2, 0.25) is 0 Å². The summed E-state index contributed by atoms with van der Waals surface area (Å²) >= 11 is 0. The summed E-state index contributed by atoms with van der Waals surface area (Å²) in [5.74, 6) is 1.61. The first kappa shape index (κ1) is 14.6. The van der Waals surface area contributed by atoms with Gasteiger partial charge in [-0.05, 0) is 19.1 Å². The normalized spacial score (nSPS) is 10.6. The van der Waals surface area contributed by atoms with E-state index in [9.17, 15) is 4.79 Å². The number of ether oxygens (including phenoxy) is 2. The van der Waals surface area contributed by atoms with E-state index in [1.165, 1.54) is 6.07 Å². The van der Waals surface area contributed by atoms with Gasteiger partial charge in [-0.25, -0.2) is 10.4 Å². The molecule has 2 N–H and O–H groups in total. The SMILES string of the molecule is COc1ccc(C=NNc2nc(C)cc(=O)[nH]2)c(OC)c1. The Kier molecular flexibility index (Phi) is 4.55. The molecule has 0 radical (unpaired) electrons. The molecule has 0 atom stereocenters. The van der Waals surface area contributed by atoms with Crippen molar-refractivity contribution in [2.75, 3.05) is 19.6 Å². The third-order valence-electron chi connectivity index (χ3n) is 2.68. The van der Waals surface area contributed by atoms with Gasteiger partial charge in [-0.3, -0.25) is 9.78 Å². The van der Waals surface area contributed by atoms with Crippen LogP contribution in [0.5, 0.6) is 11.5 Å². The van der Waals surface area contributed by atoms with E-state index in [0.717, 1.165) is 5.56 Å². The highest BCUT2D eigenvalue weighted by Gasteiger charge is 2.02. The Balaban J connectivity index is 2.16. The van der Waals surface area contributed by atoms with E-state index in [1.807, 2.05) is 6.07 Å². The monoisotopic (exact) mass is 288 g/mol. The van der Waals surface area contributed by atoms with Gasteiger partial charge < -0.3 is 9.47 Å². The highest BCUT2D eigenvalue weighted by atomic mass is 16.5. The summed E-state index contributed by atoms with van der Waals surface area (Å²) in [6, 6.07) is 6.78. The van der Waals surface area contributed by atoms with Gasteiger partial charge in [0.2, 0.25) is 5.95 Å². The van der Waals surface area contributed by atoms with Gasteiger partial charge in [0.15, 0.2) is 0 Å². The highest BCUT2D eigenvalue weighted by molar-refractivity contribution is 5.84. The lowest BCUT2D eigenvalue weighted by Crippen LogP contribution is -2.10. The zero-order chi connectivity index (χ0) is 15.2. The number of hydrazone groups is 1. The molecule has 21 heavy (non-hydrogen) atoms. The zero-order valence-corrected chi connectivity index (χ0v) is 12.0. The maximum atomic E-state index is 11.3. The zero-order valence-electron chi connectivity index (χ0n) is 12.0. The number of nitrogens with one attached hydrogen (secondary N) is 2. The van der Waals surface area contributed by atoms with Crippen molar-refractivity contribution < 1.29 is 9.47 Å². The topological polar surface area (TPSA) is 88.6 Å². The number of H-pyrrole nitrogens is 1. The number of hydrogen-bond acceptors (Lipinski definition) is 6. The lowest BCUT2D eigenvalue weighted by molar-refractivity contribution is 0.394. The van der Waals surface area contributed by atoms with Crippen molar-refractivity contribution >= 4 is 12.2 Å². The summed E-state index contributed by atoms with van der Waals surface area (Å²) in [7, 11) is 3.16. The summed E-state index contributed by atoms with van der Waals surface area (Å²) in [4.78, 5) is 17.9. The number of aryl methyl sites for hydroxylation is 1. The van der Waals surface area contributed by atoms with E-state index in [-0.39, 0.29) is 11.5 Å². The molecular weight excluding hydrogens is 272 g/mol. The molecule has 1 aromatic heterocycles. The number of aromatic nitrogens is 2. The predicted octanol–water partition coefficient (Wildman–Crippen LogP) is 1.54. The van der Waals surface area contributed by atoms with E-state index in [0.29, 0.717) is 17.2 Å². The van der Waals surface area contributed by atoms with Crippen LogP contribution in [-0.4, -0.2) is 30.4 Å². The molecule has 0 unspecified atom stereocenters. The molecule has 0 aliphatic heterocycles. The maximum absolute atomic E-state index is 11.3. The van der Waals surface area contributed by atoms with Gasteiger partial charge in [-0.1, -0.05) is 0 Å². The Labute approximate surface area is 121 Å². The van der Waals surface area contributed by atoms with Crippen molar-refractivity contribution in [3.63, 3.8) is 0 Å². The van der Waals surface area contributed by atoms with Crippen molar-refractivity contribution in [2.24, 2.45) is 5.10 Å². The summed E-state index contributed by atoms with van der Waals surface area (Å²) < 4.78 is 10.4. The average molecular weight is 288 g/mol. The van der Waals surface area contributed by atoms with Gasteiger partial charge in [-0.15, -0.1) is 0 Å². The molecule has 0 spiro atoms. The van der Waals surface area contributed by atoms with Crippen LogP contribution >= 0.6 is 0 Å².